The molecule has 3 heterocycles. The van der Waals surface area contributed by atoms with Gasteiger partial charge in [0.1, 0.15) is 11.9 Å². The van der Waals surface area contributed by atoms with Crippen LogP contribution in [0.1, 0.15) is 41.6 Å². The van der Waals surface area contributed by atoms with Crippen LogP contribution in [0.15, 0.2) is 47.2 Å². The Bertz CT molecular complexity index is 1360. The highest BCUT2D eigenvalue weighted by atomic mass is 79.9. The van der Waals surface area contributed by atoms with E-state index < -0.39 is 22.7 Å². The molecule has 0 saturated heterocycles. The van der Waals surface area contributed by atoms with E-state index in [-0.39, 0.29) is 5.75 Å². The summed E-state index contributed by atoms with van der Waals surface area (Å²) in [5.41, 5.74) is 3.76. The van der Waals surface area contributed by atoms with Gasteiger partial charge in [0.25, 0.3) is 0 Å². The number of nitrogens with zero attached hydrogens (tertiary/aromatic N) is 5. The molecule has 11 heteroatoms. The summed E-state index contributed by atoms with van der Waals surface area (Å²) in [5, 5.41) is 16.0. The van der Waals surface area contributed by atoms with Crippen molar-refractivity contribution in [1.82, 2.24) is 19.1 Å². The van der Waals surface area contributed by atoms with E-state index >= 15 is 0 Å². The molecule has 4 aromatic rings. The van der Waals surface area contributed by atoms with Crippen molar-refractivity contribution in [1.29, 1.82) is 0 Å². The SMILES string of the molecule is CCc1cc(Cc2cn(C)nc2-c2ccc(F)cc2[C@@H](C)Oc2cc(Br)cnc2[N+](=O)[O-])ns1. The number of rotatable bonds is 8. The topological polar surface area (TPSA) is 96.0 Å². The van der Waals surface area contributed by atoms with E-state index in [0.29, 0.717) is 27.7 Å². The van der Waals surface area contributed by atoms with Gasteiger partial charge in [-0.2, -0.15) is 9.47 Å². The molecule has 0 aliphatic heterocycles. The molecule has 1 atom stereocenters. The number of nitro groups is 1. The third kappa shape index (κ3) is 5.15. The van der Waals surface area contributed by atoms with Crippen LogP contribution in [0.4, 0.5) is 10.2 Å². The van der Waals surface area contributed by atoms with Crippen LogP contribution in [0.25, 0.3) is 11.3 Å². The maximum Gasteiger partial charge on any atom is 0.406 e. The molecule has 0 bridgehead atoms. The van der Waals surface area contributed by atoms with Crippen molar-refractivity contribution in [3.05, 3.63) is 84.8 Å². The highest BCUT2D eigenvalue weighted by Crippen LogP contribution is 2.36. The predicted molar refractivity (Wildman–Crippen MR) is 131 cm³/mol. The summed E-state index contributed by atoms with van der Waals surface area (Å²) in [4.78, 5) is 15.8. The number of ether oxygens (including phenoxy) is 1. The first-order valence-corrected chi connectivity index (χ1v) is 12.0. The molecule has 0 saturated carbocycles. The van der Waals surface area contributed by atoms with Crippen molar-refractivity contribution in [2.24, 2.45) is 7.05 Å². The van der Waals surface area contributed by atoms with Crippen LogP contribution >= 0.6 is 27.5 Å². The van der Waals surface area contributed by atoms with E-state index in [4.69, 9.17) is 4.74 Å². The van der Waals surface area contributed by atoms with E-state index in [1.807, 2.05) is 13.2 Å². The molecular weight excluding hydrogens is 525 g/mol. The summed E-state index contributed by atoms with van der Waals surface area (Å²) in [6, 6.07) is 7.94. The lowest BCUT2D eigenvalue weighted by molar-refractivity contribution is -0.390. The van der Waals surface area contributed by atoms with Crippen LogP contribution in [0.3, 0.4) is 0 Å². The lowest BCUT2D eigenvalue weighted by atomic mass is 9.96. The second kappa shape index (κ2) is 9.98. The Balaban J connectivity index is 1.73. The van der Waals surface area contributed by atoms with Crippen molar-refractivity contribution in [3.8, 4) is 17.0 Å². The van der Waals surface area contributed by atoms with Gasteiger partial charge in [-0.25, -0.2) is 4.39 Å². The molecule has 8 nitrogen and oxygen atoms in total. The van der Waals surface area contributed by atoms with Gasteiger partial charge in [0, 0.05) is 47.3 Å². The van der Waals surface area contributed by atoms with Gasteiger partial charge in [-0.15, -0.1) is 0 Å². The average Bonchev–Trinajstić information content (AvgIpc) is 3.39. The maximum atomic E-state index is 14.3. The van der Waals surface area contributed by atoms with E-state index in [9.17, 15) is 14.5 Å². The summed E-state index contributed by atoms with van der Waals surface area (Å²) >= 11 is 4.74. The fourth-order valence-electron chi connectivity index (χ4n) is 3.67. The molecule has 3 aromatic heterocycles. The summed E-state index contributed by atoms with van der Waals surface area (Å²) in [6.07, 6.45) is 4.02. The first-order valence-electron chi connectivity index (χ1n) is 10.5. The Morgan fingerprint density at radius 1 is 1.32 bits per heavy atom. The van der Waals surface area contributed by atoms with Crippen molar-refractivity contribution in [2.75, 3.05) is 0 Å². The minimum atomic E-state index is -0.721. The van der Waals surface area contributed by atoms with Crippen molar-refractivity contribution >= 4 is 33.3 Å². The average molecular weight is 546 g/mol. The molecule has 0 amide bonds. The van der Waals surface area contributed by atoms with Crippen molar-refractivity contribution in [2.45, 2.75) is 32.8 Å². The van der Waals surface area contributed by atoms with Gasteiger partial charge in [-0.1, -0.05) is 6.92 Å². The van der Waals surface area contributed by atoms with Crippen LogP contribution in [0, 0.1) is 15.9 Å². The second-order valence-electron chi connectivity index (χ2n) is 7.72. The molecular formula is C23H21BrFN5O3S. The van der Waals surface area contributed by atoms with Crippen LogP contribution in [-0.2, 0) is 19.9 Å². The third-order valence-electron chi connectivity index (χ3n) is 5.22. The van der Waals surface area contributed by atoms with Gasteiger partial charge in [0.2, 0.25) is 5.75 Å². The zero-order valence-corrected chi connectivity index (χ0v) is 21.1. The summed E-state index contributed by atoms with van der Waals surface area (Å²) in [5.74, 6) is -0.875. The maximum absolute atomic E-state index is 14.3. The monoisotopic (exact) mass is 545 g/mol. The normalized spacial score (nSPS) is 12.0. The van der Waals surface area contributed by atoms with Crippen LogP contribution < -0.4 is 4.74 Å². The van der Waals surface area contributed by atoms with E-state index in [0.717, 1.165) is 17.7 Å². The highest BCUT2D eigenvalue weighted by molar-refractivity contribution is 9.10. The van der Waals surface area contributed by atoms with Gasteiger partial charge in [-0.05, 0) is 75.0 Å². The summed E-state index contributed by atoms with van der Waals surface area (Å²) < 4.78 is 27.0. The van der Waals surface area contributed by atoms with Crippen LogP contribution in [0.5, 0.6) is 5.75 Å². The van der Waals surface area contributed by atoms with Gasteiger partial charge < -0.3 is 14.9 Å². The largest absolute Gasteiger partial charge is 0.478 e. The summed E-state index contributed by atoms with van der Waals surface area (Å²) in [6.45, 7) is 3.80. The first kappa shape index (κ1) is 24.0. The van der Waals surface area contributed by atoms with Gasteiger partial charge in [0.05, 0.1) is 15.9 Å². The molecule has 176 valence electrons. The zero-order valence-electron chi connectivity index (χ0n) is 18.7. The Morgan fingerprint density at radius 3 is 2.82 bits per heavy atom. The predicted octanol–water partition coefficient (Wildman–Crippen LogP) is 6.04. The molecule has 0 fully saturated rings. The molecule has 4 rings (SSSR count). The third-order valence-corrected chi connectivity index (χ3v) is 6.62. The Hall–Kier alpha value is -3.18. The number of halogens is 2. The summed E-state index contributed by atoms with van der Waals surface area (Å²) in [7, 11) is 1.82. The lowest BCUT2D eigenvalue weighted by Gasteiger charge is -2.18. The number of hydrogen-bond donors (Lipinski definition) is 0. The Labute approximate surface area is 207 Å². The number of aryl methyl sites for hydroxylation is 2. The van der Waals surface area contributed by atoms with Crippen LogP contribution in [0.2, 0.25) is 0 Å². The molecule has 1 aromatic carbocycles. The fraction of sp³-hybridized carbons (Fsp3) is 0.261. The standard InChI is InChI=1S/C23H21BrFN5O3S/c1-4-18-10-17(28-34-18)7-14-12-29(3)27-22(14)19-6-5-16(25)9-20(19)13(2)33-21-8-15(24)11-26-23(21)30(31)32/h5-6,8-13H,4,7H2,1-3H3/t13-/m1/s1. The fourth-order valence-corrected chi connectivity index (χ4v) is 4.65. The molecule has 34 heavy (non-hydrogen) atoms. The van der Waals surface area contributed by atoms with Crippen molar-refractivity contribution < 1.29 is 14.1 Å². The van der Waals surface area contributed by atoms with E-state index in [2.05, 4.69) is 43.4 Å². The zero-order chi connectivity index (χ0) is 24.4. The molecule has 0 aliphatic carbocycles. The molecule has 0 unspecified atom stereocenters. The van der Waals surface area contributed by atoms with Crippen molar-refractivity contribution in [3.63, 3.8) is 0 Å². The number of hydrogen-bond acceptors (Lipinski definition) is 7. The number of benzene rings is 1. The molecule has 0 radical (unpaired) electrons. The van der Waals surface area contributed by atoms with E-state index in [1.165, 1.54) is 40.8 Å². The smallest absolute Gasteiger partial charge is 0.406 e. The van der Waals surface area contributed by atoms with Gasteiger partial charge in [-0.3, -0.25) is 4.68 Å². The Kier molecular flexibility index (Phi) is 7.03. The quantitative estimate of drug-likeness (QED) is 0.198. The number of pyridine rings is 1. The lowest BCUT2D eigenvalue weighted by Crippen LogP contribution is -2.08. The molecule has 0 spiro atoms. The van der Waals surface area contributed by atoms with E-state index in [1.54, 1.807) is 17.7 Å². The first-order chi connectivity index (χ1) is 16.2. The Morgan fingerprint density at radius 2 is 2.12 bits per heavy atom. The molecule has 0 N–H and O–H groups in total. The second-order valence-corrected chi connectivity index (χ2v) is 9.52. The van der Waals surface area contributed by atoms with Gasteiger partial charge >= 0.3 is 5.82 Å². The number of aromatic nitrogens is 4. The minimum absolute atomic E-state index is 0.0158. The van der Waals surface area contributed by atoms with Crippen LogP contribution in [-0.4, -0.2) is 24.1 Å². The molecule has 0 aliphatic rings. The highest BCUT2D eigenvalue weighted by Gasteiger charge is 2.24. The van der Waals surface area contributed by atoms with Gasteiger partial charge in [0.15, 0.2) is 6.20 Å². The minimum Gasteiger partial charge on any atom is -0.478 e.